The Morgan fingerprint density at radius 2 is 1.78 bits per heavy atom. The van der Waals surface area contributed by atoms with Gasteiger partial charge in [-0.15, -0.1) is 11.8 Å². The van der Waals surface area contributed by atoms with Gasteiger partial charge in [-0.25, -0.2) is 0 Å². The van der Waals surface area contributed by atoms with Crippen LogP contribution in [0.15, 0.2) is 54.6 Å². The van der Waals surface area contributed by atoms with Gasteiger partial charge in [0.25, 0.3) is 0 Å². The first-order chi connectivity index (χ1) is 18.0. The van der Waals surface area contributed by atoms with Gasteiger partial charge in [0.05, 0.1) is 29.2 Å². The van der Waals surface area contributed by atoms with Crippen molar-refractivity contribution in [2.45, 2.75) is 61.7 Å². The Balaban J connectivity index is 1.55. The second-order valence-corrected chi connectivity index (χ2v) is 12.0. The number of aliphatic hydroxyl groups is 1. The summed E-state index contributed by atoms with van der Waals surface area (Å²) in [6.07, 6.45) is 10.6. The number of aliphatic hydroxyl groups excluding tert-OH is 1. The van der Waals surface area contributed by atoms with Crippen LogP contribution in [0.5, 0.6) is 0 Å². The molecule has 0 saturated carbocycles. The molecule has 0 radical (unpaired) electrons. The van der Waals surface area contributed by atoms with Crippen LogP contribution in [0.25, 0.3) is 0 Å². The maximum atomic E-state index is 14.3. The SMILES string of the molecule is CCCCN1CC=C[C@]23S[C@H]4C=CCN(Cc5ccccc5)C(=O)[C@H]4[C@H]2C(=O)N([C@@H](CC)CO)C3C1=O. The van der Waals surface area contributed by atoms with Crippen LogP contribution in [0.3, 0.4) is 0 Å². The summed E-state index contributed by atoms with van der Waals surface area (Å²) in [6, 6.07) is 8.72. The monoisotopic (exact) mass is 523 g/mol. The minimum Gasteiger partial charge on any atom is -0.394 e. The maximum absolute atomic E-state index is 14.3. The van der Waals surface area contributed by atoms with E-state index >= 15 is 0 Å². The van der Waals surface area contributed by atoms with Crippen molar-refractivity contribution >= 4 is 29.5 Å². The molecule has 8 heteroatoms. The number of hydrogen-bond donors (Lipinski definition) is 1. The molecule has 4 heterocycles. The molecule has 3 amide bonds. The van der Waals surface area contributed by atoms with Crippen molar-refractivity contribution in [3.05, 3.63) is 60.2 Å². The smallest absolute Gasteiger partial charge is 0.247 e. The van der Waals surface area contributed by atoms with Crippen LogP contribution in [-0.2, 0) is 20.9 Å². The lowest BCUT2D eigenvalue weighted by atomic mass is 9.78. The summed E-state index contributed by atoms with van der Waals surface area (Å²) in [7, 11) is 0. The van der Waals surface area contributed by atoms with Crippen molar-refractivity contribution in [3.8, 4) is 0 Å². The number of nitrogens with zero attached hydrogens (tertiary/aromatic N) is 3. The first-order valence-electron chi connectivity index (χ1n) is 13.5. The number of rotatable bonds is 8. The predicted octanol–water partition coefficient (Wildman–Crippen LogP) is 2.85. The molecule has 37 heavy (non-hydrogen) atoms. The normalized spacial score (nSPS) is 31.8. The van der Waals surface area contributed by atoms with Crippen LogP contribution >= 0.6 is 11.8 Å². The van der Waals surface area contributed by atoms with Gasteiger partial charge in [0.2, 0.25) is 17.7 Å². The molecule has 6 atom stereocenters. The molecule has 5 rings (SSSR count). The van der Waals surface area contributed by atoms with E-state index in [1.165, 1.54) is 0 Å². The van der Waals surface area contributed by atoms with Crippen molar-refractivity contribution in [2.75, 3.05) is 26.2 Å². The highest BCUT2D eigenvalue weighted by Gasteiger charge is 2.71. The molecular formula is C29H37N3O4S. The van der Waals surface area contributed by atoms with Gasteiger partial charge >= 0.3 is 0 Å². The van der Waals surface area contributed by atoms with Gasteiger partial charge in [-0.1, -0.05) is 74.9 Å². The molecule has 1 spiro atoms. The minimum absolute atomic E-state index is 0.0350. The summed E-state index contributed by atoms with van der Waals surface area (Å²) in [5.41, 5.74) is 1.04. The Morgan fingerprint density at radius 1 is 1.03 bits per heavy atom. The Kier molecular flexibility index (Phi) is 7.50. The zero-order valence-corrected chi connectivity index (χ0v) is 22.5. The number of thioether (sulfide) groups is 1. The molecule has 1 unspecified atom stereocenters. The van der Waals surface area contributed by atoms with Gasteiger partial charge in [-0.2, -0.15) is 0 Å². The zero-order chi connectivity index (χ0) is 26.2. The van der Waals surface area contributed by atoms with Gasteiger partial charge in [0, 0.05) is 31.4 Å². The standard InChI is InChI=1S/C29H37N3O4S/c1-3-5-15-30-17-10-14-29-24(27(35)32(21(4-2)19-33)25(29)28(30)36)23-22(37-29)13-9-16-31(26(23)34)18-20-11-7-6-8-12-20/h6-14,21-25,33H,3-5,15-19H2,1-2H3/t21-,22-,23+,24-,25?,29-/m0/s1. The van der Waals surface area contributed by atoms with E-state index in [0.717, 1.165) is 18.4 Å². The lowest BCUT2D eigenvalue weighted by Gasteiger charge is -2.38. The lowest BCUT2D eigenvalue weighted by molar-refractivity contribution is -0.147. The molecule has 4 aliphatic rings. The minimum atomic E-state index is -0.831. The number of likely N-dealkylation sites (tertiary alicyclic amines) is 1. The predicted molar refractivity (Wildman–Crippen MR) is 145 cm³/mol. The second kappa shape index (κ2) is 10.7. The fourth-order valence-electron chi connectivity index (χ4n) is 6.48. The molecule has 0 aromatic heterocycles. The summed E-state index contributed by atoms with van der Waals surface area (Å²) >= 11 is 1.60. The molecule has 0 bridgehead atoms. The number of unbranched alkanes of at least 4 members (excludes halogenated alkanes) is 1. The summed E-state index contributed by atoms with van der Waals surface area (Å²) in [5, 5.41) is 10.0. The van der Waals surface area contributed by atoms with E-state index in [1.54, 1.807) is 16.7 Å². The fourth-order valence-corrected chi connectivity index (χ4v) is 8.47. The van der Waals surface area contributed by atoms with Gasteiger partial charge in [0.15, 0.2) is 0 Å². The average Bonchev–Trinajstić information content (AvgIpc) is 3.23. The van der Waals surface area contributed by atoms with Gasteiger partial charge < -0.3 is 19.8 Å². The number of hydrogen-bond acceptors (Lipinski definition) is 5. The molecule has 198 valence electrons. The number of carbonyl (C=O) groups excluding carboxylic acids is 3. The number of fused-ring (bicyclic) bond motifs is 2. The first-order valence-corrected chi connectivity index (χ1v) is 14.4. The van der Waals surface area contributed by atoms with Gasteiger partial charge in [-0.05, 0) is 18.4 Å². The third kappa shape index (κ3) is 4.32. The Labute approximate surface area is 223 Å². The highest BCUT2D eigenvalue weighted by atomic mass is 32.2. The molecule has 2 saturated heterocycles. The molecule has 2 fully saturated rings. The molecule has 1 N–H and O–H groups in total. The number of carbonyl (C=O) groups is 3. The van der Waals surface area contributed by atoms with Gasteiger partial charge in [0.1, 0.15) is 6.04 Å². The van der Waals surface area contributed by atoms with Crippen molar-refractivity contribution in [2.24, 2.45) is 11.8 Å². The van der Waals surface area contributed by atoms with Crippen LogP contribution in [0.2, 0.25) is 0 Å². The summed E-state index contributed by atoms with van der Waals surface area (Å²) in [6.45, 7) is 5.93. The molecular weight excluding hydrogens is 486 g/mol. The van der Waals surface area contributed by atoms with E-state index in [9.17, 15) is 19.5 Å². The number of benzene rings is 1. The summed E-state index contributed by atoms with van der Waals surface area (Å²) < 4.78 is -0.831. The highest BCUT2D eigenvalue weighted by Crippen LogP contribution is 2.61. The van der Waals surface area contributed by atoms with Crippen molar-refractivity contribution in [1.29, 1.82) is 0 Å². The van der Waals surface area contributed by atoms with Crippen LogP contribution in [0, 0.1) is 11.8 Å². The van der Waals surface area contributed by atoms with Gasteiger partial charge in [-0.3, -0.25) is 14.4 Å². The van der Waals surface area contributed by atoms with Crippen molar-refractivity contribution in [3.63, 3.8) is 0 Å². The highest BCUT2D eigenvalue weighted by molar-refractivity contribution is 8.02. The molecule has 0 aliphatic carbocycles. The third-order valence-electron chi connectivity index (χ3n) is 8.34. The van der Waals surface area contributed by atoms with Crippen molar-refractivity contribution in [1.82, 2.24) is 14.7 Å². The van der Waals surface area contributed by atoms with E-state index < -0.39 is 28.7 Å². The van der Waals surface area contributed by atoms with Crippen LogP contribution < -0.4 is 0 Å². The average molecular weight is 524 g/mol. The van der Waals surface area contributed by atoms with E-state index in [4.69, 9.17) is 0 Å². The summed E-state index contributed by atoms with van der Waals surface area (Å²) in [5.74, 6) is -1.48. The van der Waals surface area contributed by atoms with E-state index in [1.807, 2.05) is 59.2 Å². The zero-order valence-electron chi connectivity index (χ0n) is 21.7. The van der Waals surface area contributed by atoms with Crippen LogP contribution in [0.4, 0.5) is 0 Å². The Hall–Kier alpha value is -2.58. The molecule has 1 aromatic rings. The third-order valence-corrected chi connectivity index (χ3v) is 10.1. The summed E-state index contributed by atoms with van der Waals surface area (Å²) in [4.78, 5) is 47.8. The first kappa shape index (κ1) is 26.0. The Morgan fingerprint density at radius 3 is 2.49 bits per heavy atom. The van der Waals surface area contributed by atoms with Crippen LogP contribution in [0.1, 0.15) is 38.7 Å². The van der Waals surface area contributed by atoms with E-state index in [2.05, 4.69) is 19.1 Å². The van der Waals surface area contributed by atoms with Crippen molar-refractivity contribution < 1.29 is 19.5 Å². The maximum Gasteiger partial charge on any atom is 0.247 e. The lowest BCUT2D eigenvalue weighted by Crippen LogP contribution is -2.56. The number of amides is 3. The topological polar surface area (TPSA) is 81.2 Å². The molecule has 7 nitrogen and oxygen atoms in total. The Bertz CT molecular complexity index is 1090. The van der Waals surface area contributed by atoms with E-state index in [0.29, 0.717) is 32.6 Å². The largest absolute Gasteiger partial charge is 0.394 e. The van der Waals surface area contributed by atoms with Crippen LogP contribution in [-0.4, -0.2) is 85.8 Å². The van der Waals surface area contributed by atoms with E-state index in [-0.39, 0.29) is 29.6 Å². The molecule has 4 aliphatic heterocycles. The fraction of sp³-hybridized carbons (Fsp3) is 0.552. The molecule has 1 aromatic carbocycles. The quantitative estimate of drug-likeness (QED) is 0.530. The second-order valence-electron chi connectivity index (χ2n) is 10.5.